The van der Waals surface area contributed by atoms with Crippen molar-refractivity contribution in [3.63, 3.8) is 0 Å². The maximum atomic E-state index is 12.1. The molecule has 2 aromatic rings. The van der Waals surface area contributed by atoms with E-state index < -0.39 is 0 Å². The molecule has 9 heteroatoms. The molecule has 3 amide bonds. The first-order valence-corrected chi connectivity index (χ1v) is 9.97. The van der Waals surface area contributed by atoms with Crippen LogP contribution in [0, 0.1) is 0 Å². The number of carbonyl (C=O) groups is 3. The van der Waals surface area contributed by atoms with Gasteiger partial charge in [0.2, 0.25) is 11.8 Å². The number of nitrogens with zero attached hydrogens (tertiary/aromatic N) is 2. The Kier molecular flexibility index (Phi) is 6.85. The molecular weight excluding hydrogens is 392 g/mol. The van der Waals surface area contributed by atoms with Crippen molar-refractivity contribution in [2.24, 2.45) is 5.10 Å². The van der Waals surface area contributed by atoms with E-state index in [2.05, 4.69) is 15.7 Å². The average molecular weight is 412 g/mol. The van der Waals surface area contributed by atoms with Gasteiger partial charge in [0, 0.05) is 5.69 Å². The number of hydrogen-bond donors (Lipinski definition) is 2. The van der Waals surface area contributed by atoms with Gasteiger partial charge in [-0.25, -0.2) is 0 Å². The second kappa shape index (κ2) is 9.74. The number of anilines is 2. The zero-order valence-corrected chi connectivity index (χ0v) is 16.6. The number of thioether (sulfide) groups is 1. The molecule has 0 unspecified atom stereocenters. The predicted molar refractivity (Wildman–Crippen MR) is 113 cm³/mol. The van der Waals surface area contributed by atoms with E-state index in [-0.39, 0.29) is 35.6 Å². The molecule has 2 N–H and O–H groups in total. The molecule has 0 fully saturated rings. The highest BCUT2D eigenvalue weighted by molar-refractivity contribution is 8.00. The van der Waals surface area contributed by atoms with E-state index in [4.69, 9.17) is 4.74 Å². The molecule has 2 aromatic carbocycles. The van der Waals surface area contributed by atoms with Crippen molar-refractivity contribution in [3.8, 4) is 5.75 Å². The number of hydrogen-bond acceptors (Lipinski definition) is 6. The van der Waals surface area contributed by atoms with Crippen LogP contribution >= 0.6 is 11.8 Å². The number of para-hydroxylation sites is 1. The molecule has 0 atom stereocenters. The number of amides is 3. The smallest absolute Gasteiger partial charge is 0.255 e. The molecule has 0 aromatic heterocycles. The summed E-state index contributed by atoms with van der Waals surface area (Å²) in [4.78, 5) is 36.1. The van der Waals surface area contributed by atoms with Crippen LogP contribution in [0.15, 0.2) is 59.7 Å². The third kappa shape index (κ3) is 5.82. The first-order valence-electron chi connectivity index (χ1n) is 8.82. The van der Waals surface area contributed by atoms with Crippen molar-refractivity contribution >= 4 is 46.7 Å². The van der Waals surface area contributed by atoms with Crippen LogP contribution in [0.1, 0.15) is 6.42 Å². The standard InChI is InChI=1S/C20H20N4O4S/c1-28-16-9-7-14(8-10-16)21-18(25)12-29-13-19(26)22-17-11-20(27)24(23-17)15-5-3-2-4-6-15/h2-10H,11-13H2,1H3,(H,21,25)(H,22,23,26). The lowest BCUT2D eigenvalue weighted by Gasteiger charge is -2.10. The lowest BCUT2D eigenvalue weighted by molar-refractivity contribution is -0.117. The van der Waals surface area contributed by atoms with Crippen LogP contribution in [0.2, 0.25) is 0 Å². The molecule has 0 bridgehead atoms. The van der Waals surface area contributed by atoms with Gasteiger partial charge in [0.1, 0.15) is 11.6 Å². The Morgan fingerprint density at radius 2 is 1.69 bits per heavy atom. The van der Waals surface area contributed by atoms with Crippen LogP contribution in [0.25, 0.3) is 0 Å². The number of ether oxygens (including phenoxy) is 1. The van der Waals surface area contributed by atoms with Crippen molar-refractivity contribution < 1.29 is 19.1 Å². The van der Waals surface area contributed by atoms with Gasteiger partial charge in [0.15, 0.2) is 0 Å². The molecule has 8 nitrogen and oxygen atoms in total. The first-order chi connectivity index (χ1) is 14.0. The van der Waals surface area contributed by atoms with Crippen molar-refractivity contribution in [1.29, 1.82) is 0 Å². The number of benzene rings is 2. The van der Waals surface area contributed by atoms with E-state index in [0.29, 0.717) is 23.0 Å². The van der Waals surface area contributed by atoms with Crippen LogP contribution in [0.3, 0.4) is 0 Å². The predicted octanol–water partition coefficient (Wildman–Crippen LogP) is 2.23. The van der Waals surface area contributed by atoms with Crippen LogP contribution < -0.4 is 20.4 Å². The summed E-state index contributed by atoms with van der Waals surface area (Å²) < 4.78 is 5.06. The van der Waals surface area contributed by atoms with Gasteiger partial charge in [-0.1, -0.05) is 18.2 Å². The largest absolute Gasteiger partial charge is 0.497 e. The molecule has 0 saturated carbocycles. The van der Waals surface area contributed by atoms with Crippen molar-refractivity contribution in [1.82, 2.24) is 5.32 Å². The Hall–Kier alpha value is -3.33. The summed E-state index contributed by atoms with van der Waals surface area (Å²) >= 11 is 1.18. The van der Waals surface area contributed by atoms with Crippen LogP contribution in [-0.2, 0) is 14.4 Å². The van der Waals surface area contributed by atoms with Crippen LogP contribution in [0.4, 0.5) is 11.4 Å². The van der Waals surface area contributed by atoms with Gasteiger partial charge in [0.05, 0.1) is 30.7 Å². The van der Waals surface area contributed by atoms with Gasteiger partial charge >= 0.3 is 0 Å². The highest BCUT2D eigenvalue weighted by Crippen LogP contribution is 2.19. The summed E-state index contributed by atoms with van der Waals surface area (Å²) in [7, 11) is 1.57. The molecular formula is C20H20N4O4S. The minimum Gasteiger partial charge on any atom is -0.497 e. The summed E-state index contributed by atoms with van der Waals surface area (Å²) in [5, 5.41) is 10.8. The highest BCUT2D eigenvalue weighted by Gasteiger charge is 2.26. The molecule has 0 saturated heterocycles. The van der Waals surface area contributed by atoms with Gasteiger partial charge in [-0.2, -0.15) is 10.1 Å². The number of rotatable bonds is 7. The fourth-order valence-electron chi connectivity index (χ4n) is 2.57. The number of amidine groups is 1. The van der Waals surface area contributed by atoms with Gasteiger partial charge in [0.25, 0.3) is 5.91 Å². The van der Waals surface area contributed by atoms with Crippen molar-refractivity contribution in [2.75, 3.05) is 28.9 Å². The Morgan fingerprint density at radius 3 is 2.34 bits per heavy atom. The van der Waals surface area contributed by atoms with E-state index in [1.807, 2.05) is 18.2 Å². The Morgan fingerprint density at radius 1 is 1.03 bits per heavy atom. The molecule has 29 heavy (non-hydrogen) atoms. The van der Waals surface area contributed by atoms with Crippen molar-refractivity contribution in [2.45, 2.75) is 6.42 Å². The number of hydrazone groups is 1. The molecule has 0 radical (unpaired) electrons. The zero-order chi connectivity index (χ0) is 20.6. The lowest BCUT2D eigenvalue weighted by atomic mass is 10.3. The zero-order valence-electron chi connectivity index (χ0n) is 15.8. The van der Waals surface area contributed by atoms with E-state index in [0.717, 1.165) is 0 Å². The van der Waals surface area contributed by atoms with Gasteiger partial charge in [-0.15, -0.1) is 11.8 Å². The molecule has 0 spiro atoms. The van der Waals surface area contributed by atoms with E-state index in [1.54, 1.807) is 43.5 Å². The number of methoxy groups -OCH3 is 1. The lowest BCUT2D eigenvalue weighted by Crippen LogP contribution is -2.31. The summed E-state index contributed by atoms with van der Waals surface area (Å²) in [5.74, 6) is 0.471. The Labute approximate surface area is 172 Å². The van der Waals surface area contributed by atoms with Crippen LogP contribution in [0.5, 0.6) is 5.75 Å². The second-order valence-corrected chi connectivity index (χ2v) is 7.07. The van der Waals surface area contributed by atoms with Gasteiger partial charge in [-0.05, 0) is 36.4 Å². The molecule has 1 heterocycles. The maximum Gasteiger partial charge on any atom is 0.255 e. The molecule has 0 aliphatic carbocycles. The SMILES string of the molecule is COc1ccc(NC(=O)CSCC(=O)NC2=NN(c3ccccc3)C(=O)C2)cc1. The number of carbonyl (C=O) groups excluding carboxylic acids is 3. The third-order valence-electron chi connectivity index (χ3n) is 3.90. The third-order valence-corrected chi connectivity index (χ3v) is 4.83. The fraction of sp³-hybridized carbons (Fsp3) is 0.200. The topological polar surface area (TPSA) is 100 Å². The summed E-state index contributed by atoms with van der Waals surface area (Å²) in [6, 6.07) is 16.0. The normalized spacial score (nSPS) is 13.1. The van der Waals surface area contributed by atoms with E-state index in [9.17, 15) is 14.4 Å². The Bertz CT molecular complexity index is 916. The van der Waals surface area contributed by atoms with Gasteiger partial charge < -0.3 is 15.4 Å². The average Bonchev–Trinajstić information content (AvgIpc) is 3.09. The van der Waals surface area contributed by atoms with E-state index >= 15 is 0 Å². The maximum absolute atomic E-state index is 12.1. The van der Waals surface area contributed by atoms with Crippen LogP contribution in [-0.4, -0.2) is 42.2 Å². The quantitative estimate of drug-likeness (QED) is 0.726. The first kappa shape index (κ1) is 20.4. The van der Waals surface area contributed by atoms with E-state index in [1.165, 1.54) is 16.8 Å². The minimum absolute atomic E-state index is 0.0310. The summed E-state index contributed by atoms with van der Waals surface area (Å²) in [6.07, 6.45) is 0.0310. The highest BCUT2D eigenvalue weighted by atomic mass is 32.2. The van der Waals surface area contributed by atoms with Gasteiger partial charge in [-0.3, -0.25) is 14.4 Å². The minimum atomic E-state index is -0.311. The van der Waals surface area contributed by atoms with Crippen molar-refractivity contribution in [3.05, 3.63) is 54.6 Å². The Balaban J connectivity index is 1.41. The molecule has 150 valence electrons. The number of nitrogens with one attached hydrogen (secondary N) is 2. The monoisotopic (exact) mass is 412 g/mol. The molecule has 3 rings (SSSR count). The fourth-order valence-corrected chi connectivity index (χ4v) is 3.19. The molecule has 1 aliphatic rings. The molecule has 1 aliphatic heterocycles. The summed E-state index contributed by atoms with van der Waals surface area (Å²) in [5.41, 5.74) is 1.30. The summed E-state index contributed by atoms with van der Waals surface area (Å²) in [6.45, 7) is 0. The second-order valence-electron chi connectivity index (χ2n) is 6.08.